The van der Waals surface area contributed by atoms with Gasteiger partial charge in [0.05, 0.1) is 26.4 Å². The number of aliphatic hydroxyl groups excluding tert-OH is 1. The molecule has 0 fully saturated rings. The zero-order chi connectivity index (χ0) is 71.9. The summed E-state index contributed by atoms with van der Waals surface area (Å²) in [6.07, 6.45) is 62.7. The van der Waals surface area contributed by atoms with Crippen LogP contribution in [0.2, 0.25) is 0 Å². The third-order valence-electron chi connectivity index (χ3n) is 18.5. The molecule has 5 atom stereocenters. The molecule has 582 valence electrons. The molecular formula is C79H154O17P2. The summed E-state index contributed by atoms with van der Waals surface area (Å²) in [6, 6.07) is 0. The maximum absolute atomic E-state index is 13.1. The summed E-state index contributed by atoms with van der Waals surface area (Å²) in [5.41, 5.74) is 0. The highest BCUT2D eigenvalue weighted by Gasteiger charge is 2.30. The van der Waals surface area contributed by atoms with E-state index < -0.39 is 97.5 Å². The molecule has 0 amide bonds. The second-order valence-corrected chi connectivity index (χ2v) is 31.8. The molecule has 19 heteroatoms. The lowest BCUT2D eigenvalue weighted by molar-refractivity contribution is -0.161. The fourth-order valence-corrected chi connectivity index (χ4v) is 13.8. The predicted molar refractivity (Wildman–Crippen MR) is 400 cm³/mol. The van der Waals surface area contributed by atoms with Crippen molar-refractivity contribution in [1.29, 1.82) is 0 Å². The molecule has 0 bridgehead atoms. The summed E-state index contributed by atoms with van der Waals surface area (Å²) in [5.74, 6) is -1.29. The van der Waals surface area contributed by atoms with Gasteiger partial charge in [0.15, 0.2) is 12.2 Å². The number of rotatable bonds is 79. The lowest BCUT2D eigenvalue weighted by atomic mass is 10.0. The van der Waals surface area contributed by atoms with E-state index in [2.05, 4.69) is 34.6 Å². The van der Waals surface area contributed by atoms with Crippen molar-refractivity contribution in [2.24, 2.45) is 5.92 Å². The van der Waals surface area contributed by atoms with E-state index >= 15 is 0 Å². The van der Waals surface area contributed by atoms with Gasteiger partial charge in [-0.15, -0.1) is 0 Å². The molecule has 0 saturated carbocycles. The van der Waals surface area contributed by atoms with E-state index in [4.69, 9.17) is 37.0 Å². The number of hydrogen-bond donors (Lipinski definition) is 3. The number of phosphoric acid groups is 2. The van der Waals surface area contributed by atoms with Crippen LogP contribution in [0.1, 0.15) is 420 Å². The molecule has 17 nitrogen and oxygen atoms in total. The number of hydrogen-bond acceptors (Lipinski definition) is 15. The van der Waals surface area contributed by atoms with E-state index in [0.29, 0.717) is 25.7 Å². The first kappa shape index (κ1) is 96.1. The Morgan fingerprint density at radius 1 is 0.276 bits per heavy atom. The molecule has 0 saturated heterocycles. The van der Waals surface area contributed by atoms with Gasteiger partial charge in [0, 0.05) is 25.7 Å². The molecule has 0 rings (SSSR count). The minimum atomic E-state index is -4.96. The quantitative estimate of drug-likeness (QED) is 0.0222. The van der Waals surface area contributed by atoms with Crippen LogP contribution in [0.25, 0.3) is 0 Å². The fourth-order valence-electron chi connectivity index (χ4n) is 12.2. The van der Waals surface area contributed by atoms with E-state index in [9.17, 15) is 43.2 Å². The first-order chi connectivity index (χ1) is 47.5. The van der Waals surface area contributed by atoms with Crippen LogP contribution in [0.5, 0.6) is 0 Å². The number of unbranched alkanes of at least 4 members (excludes halogenated alkanes) is 51. The standard InChI is InChI=1S/C79H154O17P2/c1-6-9-12-15-18-21-23-24-25-26-27-31-34-37-40-44-48-53-58-63-77(82)90-69-75(96-79(84)65-60-55-50-45-41-38-35-32-29-28-30-33-36-39-42-46-51-56-61-72(4)5)71-94-98(87,88)92-67-73(80)66-91-97(85,86)93-70-74(68-89-76(81)62-57-52-47-20-17-14-11-8-3)95-78(83)64-59-54-49-43-22-19-16-13-10-7-2/h72-75,80H,6-71H2,1-5H3,(H,85,86)(H,87,88)/t73-,74+,75+/m0/s1. The first-order valence-electron chi connectivity index (χ1n) is 41.1. The van der Waals surface area contributed by atoms with Gasteiger partial charge < -0.3 is 33.8 Å². The van der Waals surface area contributed by atoms with Gasteiger partial charge in [-0.1, -0.05) is 369 Å². The largest absolute Gasteiger partial charge is 0.472 e. The maximum atomic E-state index is 13.1. The number of phosphoric ester groups is 2. The van der Waals surface area contributed by atoms with E-state index in [-0.39, 0.29) is 25.7 Å². The Balaban J connectivity index is 5.16. The summed E-state index contributed by atoms with van der Waals surface area (Å²) in [6.45, 7) is 7.31. The summed E-state index contributed by atoms with van der Waals surface area (Å²) in [7, 11) is -9.91. The minimum Gasteiger partial charge on any atom is -0.462 e. The molecule has 98 heavy (non-hydrogen) atoms. The highest BCUT2D eigenvalue weighted by atomic mass is 31.2. The molecule has 0 aliphatic rings. The molecule has 0 aliphatic heterocycles. The van der Waals surface area contributed by atoms with E-state index in [0.717, 1.165) is 102 Å². The molecule has 0 spiro atoms. The number of carbonyl (C=O) groups is 4. The van der Waals surface area contributed by atoms with Gasteiger partial charge in [-0.25, -0.2) is 9.13 Å². The highest BCUT2D eigenvalue weighted by molar-refractivity contribution is 7.47. The van der Waals surface area contributed by atoms with Gasteiger partial charge in [-0.2, -0.15) is 0 Å². The number of carbonyl (C=O) groups excluding carboxylic acids is 4. The van der Waals surface area contributed by atoms with Crippen molar-refractivity contribution in [3.63, 3.8) is 0 Å². The first-order valence-corrected chi connectivity index (χ1v) is 44.1. The Hall–Kier alpha value is -1.94. The predicted octanol–water partition coefficient (Wildman–Crippen LogP) is 23.6. The van der Waals surface area contributed by atoms with E-state index in [1.54, 1.807) is 0 Å². The normalized spacial score (nSPS) is 13.9. The lowest BCUT2D eigenvalue weighted by Crippen LogP contribution is -2.30. The number of aliphatic hydroxyl groups is 1. The minimum absolute atomic E-state index is 0.107. The van der Waals surface area contributed by atoms with E-state index in [1.165, 1.54) is 238 Å². The Labute approximate surface area is 600 Å². The maximum Gasteiger partial charge on any atom is 0.472 e. The molecule has 0 aromatic rings. The summed E-state index contributed by atoms with van der Waals surface area (Å²) in [4.78, 5) is 72.7. The van der Waals surface area contributed by atoms with Crippen LogP contribution in [0.4, 0.5) is 0 Å². The second kappa shape index (κ2) is 72.0. The van der Waals surface area contributed by atoms with Gasteiger partial charge in [-0.05, 0) is 31.6 Å². The van der Waals surface area contributed by atoms with Crippen LogP contribution in [0, 0.1) is 5.92 Å². The van der Waals surface area contributed by atoms with Gasteiger partial charge >= 0.3 is 39.5 Å². The SMILES string of the molecule is CCCCCCCCCCCCCCCCCCCCCC(=O)OC[C@H](COP(=O)(O)OC[C@@H](O)COP(=O)(O)OC[C@@H](COC(=O)CCCCCCCCCC)OC(=O)CCCCCCCCCCCC)OC(=O)CCCCCCCCCCCCCCCCCCCCC(C)C. The molecule has 0 aromatic carbocycles. The average Bonchev–Trinajstić information content (AvgIpc) is 0.988. The van der Waals surface area contributed by atoms with Crippen LogP contribution in [0.15, 0.2) is 0 Å². The molecular weight excluding hydrogens is 1280 g/mol. The van der Waals surface area contributed by atoms with Crippen molar-refractivity contribution < 1.29 is 80.2 Å². The van der Waals surface area contributed by atoms with Gasteiger partial charge in [0.2, 0.25) is 0 Å². The van der Waals surface area contributed by atoms with Crippen molar-refractivity contribution in [2.75, 3.05) is 39.6 Å². The van der Waals surface area contributed by atoms with Crippen LogP contribution in [-0.4, -0.2) is 96.7 Å². The average molecular weight is 1440 g/mol. The Morgan fingerprint density at radius 2 is 0.469 bits per heavy atom. The zero-order valence-electron chi connectivity index (χ0n) is 63.9. The van der Waals surface area contributed by atoms with Crippen molar-refractivity contribution in [3.05, 3.63) is 0 Å². The van der Waals surface area contributed by atoms with Crippen molar-refractivity contribution in [2.45, 2.75) is 438 Å². The molecule has 0 radical (unpaired) electrons. The molecule has 0 aliphatic carbocycles. The Morgan fingerprint density at radius 3 is 0.694 bits per heavy atom. The number of ether oxygens (including phenoxy) is 4. The van der Waals surface area contributed by atoms with Crippen LogP contribution in [0.3, 0.4) is 0 Å². The van der Waals surface area contributed by atoms with E-state index in [1.807, 2.05) is 0 Å². The topological polar surface area (TPSA) is 237 Å². The second-order valence-electron chi connectivity index (χ2n) is 28.9. The molecule has 0 aromatic heterocycles. The smallest absolute Gasteiger partial charge is 0.462 e. The Kier molecular flexibility index (Phi) is 70.6. The summed E-state index contributed by atoms with van der Waals surface area (Å²) >= 11 is 0. The third-order valence-corrected chi connectivity index (χ3v) is 20.4. The fraction of sp³-hybridized carbons (Fsp3) is 0.949. The van der Waals surface area contributed by atoms with Crippen molar-refractivity contribution in [3.8, 4) is 0 Å². The molecule has 2 unspecified atom stereocenters. The van der Waals surface area contributed by atoms with Crippen LogP contribution in [-0.2, 0) is 65.4 Å². The van der Waals surface area contributed by atoms with Gasteiger partial charge in [0.1, 0.15) is 19.3 Å². The van der Waals surface area contributed by atoms with Gasteiger partial charge in [-0.3, -0.25) is 37.3 Å². The molecule has 0 heterocycles. The number of esters is 4. The molecule has 3 N–H and O–H groups in total. The zero-order valence-corrected chi connectivity index (χ0v) is 65.7. The monoisotopic (exact) mass is 1440 g/mol. The summed E-state index contributed by atoms with van der Waals surface area (Å²) < 4.78 is 68.5. The third kappa shape index (κ3) is 72.4. The Bertz CT molecular complexity index is 1870. The van der Waals surface area contributed by atoms with Gasteiger partial charge in [0.25, 0.3) is 0 Å². The van der Waals surface area contributed by atoms with Crippen LogP contribution < -0.4 is 0 Å². The summed E-state index contributed by atoms with van der Waals surface area (Å²) in [5, 5.41) is 10.6. The van der Waals surface area contributed by atoms with Crippen molar-refractivity contribution >= 4 is 39.5 Å². The van der Waals surface area contributed by atoms with Crippen molar-refractivity contribution in [1.82, 2.24) is 0 Å². The lowest BCUT2D eigenvalue weighted by Gasteiger charge is -2.21. The van der Waals surface area contributed by atoms with Crippen LogP contribution >= 0.6 is 15.6 Å². The highest BCUT2D eigenvalue weighted by Crippen LogP contribution is 2.45.